The first-order valence-corrected chi connectivity index (χ1v) is 1.96. The number of nitrogens with one attached hydrogen (secondary N) is 2. The van der Waals surface area contributed by atoms with Crippen LogP contribution >= 0.6 is 0 Å². The smallest absolute Gasteiger partial charge is 0.180 e. The summed E-state index contributed by atoms with van der Waals surface area (Å²) in [5.41, 5.74) is 4.64. The molecule has 1 saturated heterocycles. The molecular formula is C4H6N2O. The third-order valence-electron chi connectivity index (χ3n) is 0.910. The molecule has 3 nitrogen and oxygen atoms in total. The van der Waals surface area contributed by atoms with Gasteiger partial charge in [-0.15, -0.1) is 6.42 Å². The maximum absolute atomic E-state index is 8.39. The van der Waals surface area contributed by atoms with Crippen LogP contribution in [0.1, 0.15) is 0 Å². The van der Waals surface area contributed by atoms with Crippen molar-refractivity contribution in [3.05, 3.63) is 0 Å². The summed E-state index contributed by atoms with van der Waals surface area (Å²) >= 11 is 0. The Morgan fingerprint density at radius 2 is 2.29 bits per heavy atom. The van der Waals surface area contributed by atoms with Gasteiger partial charge in [-0.2, -0.15) is 0 Å². The van der Waals surface area contributed by atoms with Gasteiger partial charge in [-0.3, -0.25) is 0 Å². The SMILES string of the molecule is C#CC1(CO)NN1. The van der Waals surface area contributed by atoms with Gasteiger partial charge in [0.1, 0.15) is 0 Å². The zero-order chi connectivity index (χ0) is 5.33. The first-order valence-electron chi connectivity index (χ1n) is 1.96. The Morgan fingerprint density at radius 3 is 2.29 bits per heavy atom. The van der Waals surface area contributed by atoms with Crippen LogP contribution in [0.3, 0.4) is 0 Å². The van der Waals surface area contributed by atoms with Gasteiger partial charge >= 0.3 is 0 Å². The average molecular weight is 98.1 g/mol. The molecule has 0 bridgehead atoms. The molecule has 0 aromatic rings. The lowest BCUT2D eigenvalue weighted by atomic mass is 10.3. The van der Waals surface area contributed by atoms with Gasteiger partial charge in [-0.05, 0) is 0 Å². The van der Waals surface area contributed by atoms with E-state index in [1.54, 1.807) is 0 Å². The molecule has 0 amide bonds. The first kappa shape index (κ1) is 4.60. The Bertz CT molecular complexity index is 111. The molecule has 1 aliphatic rings. The largest absolute Gasteiger partial charge is 0.392 e. The molecule has 0 radical (unpaired) electrons. The van der Waals surface area contributed by atoms with E-state index in [0.29, 0.717) is 0 Å². The summed E-state index contributed by atoms with van der Waals surface area (Å²) < 4.78 is 0. The molecule has 1 fully saturated rings. The van der Waals surface area contributed by atoms with E-state index in [2.05, 4.69) is 16.8 Å². The minimum atomic E-state index is -0.583. The highest BCUT2D eigenvalue weighted by molar-refractivity contribution is 5.17. The van der Waals surface area contributed by atoms with E-state index in [0.717, 1.165) is 0 Å². The second-order valence-corrected chi connectivity index (χ2v) is 1.46. The van der Waals surface area contributed by atoms with Crippen molar-refractivity contribution in [2.75, 3.05) is 6.61 Å². The van der Waals surface area contributed by atoms with Crippen molar-refractivity contribution < 1.29 is 5.11 Å². The Hall–Kier alpha value is -0.560. The average Bonchev–Trinajstić information content (AvgIpc) is 2.46. The molecule has 0 spiro atoms. The molecule has 0 aromatic carbocycles. The number of aliphatic hydroxyl groups is 1. The zero-order valence-corrected chi connectivity index (χ0v) is 3.73. The van der Waals surface area contributed by atoms with E-state index in [4.69, 9.17) is 11.5 Å². The predicted octanol–water partition coefficient (Wildman–Crippen LogP) is -1.58. The Balaban J connectivity index is 2.47. The van der Waals surface area contributed by atoms with Crippen molar-refractivity contribution >= 4 is 0 Å². The van der Waals surface area contributed by atoms with Gasteiger partial charge in [0, 0.05) is 0 Å². The number of hydrogen-bond donors (Lipinski definition) is 3. The van der Waals surface area contributed by atoms with E-state index in [-0.39, 0.29) is 6.61 Å². The zero-order valence-electron chi connectivity index (χ0n) is 3.73. The molecule has 3 heteroatoms. The monoisotopic (exact) mass is 98.0 g/mol. The van der Waals surface area contributed by atoms with Gasteiger partial charge in [0.15, 0.2) is 5.66 Å². The molecular weight excluding hydrogens is 92.1 g/mol. The summed E-state index contributed by atoms with van der Waals surface area (Å²) in [6.07, 6.45) is 4.94. The molecule has 1 heterocycles. The summed E-state index contributed by atoms with van der Waals surface area (Å²) in [6, 6.07) is 0. The fourth-order valence-electron chi connectivity index (χ4n) is 0.272. The Morgan fingerprint density at radius 1 is 1.71 bits per heavy atom. The van der Waals surface area contributed by atoms with Crippen molar-refractivity contribution in [1.82, 2.24) is 10.9 Å². The first-order chi connectivity index (χ1) is 3.33. The van der Waals surface area contributed by atoms with Crippen LogP contribution in [0.5, 0.6) is 0 Å². The summed E-state index contributed by atoms with van der Waals surface area (Å²) in [4.78, 5) is 0. The minimum absolute atomic E-state index is 0.0521. The van der Waals surface area contributed by atoms with Gasteiger partial charge < -0.3 is 5.11 Å². The molecule has 1 aliphatic heterocycles. The molecule has 0 unspecified atom stereocenters. The summed E-state index contributed by atoms with van der Waals surface area (Å²) in [5, 5.41) is 8.39. The third-order valence-corrected chi connectivity index (χ3v) is 0.910. The lowest BCUT2D eigenvalue weighted by Gasteiger charge is -1.91. The molecule has 0 aromatic heterocycles. The molecule has 0 atom stereocenters. The lowest BCUT2D eigenvalue weighted by Crippen LogP contribution is -2.19. The molecule has 0 aliphatic carbocycles. The fourth-order valence-corrected chi connectivity index (χ4v) is 0.272. The third kappa shape index (κ3) is 0.591. The maximum Gasteiger partial charge on any atom is 0.180 e. The Kier molecular flexibility index (Phi) is 0.790. The molecule has 1 rings (SSSR count). The topological polar surface area (TPSA) is 64.1 Å². The Labute approximate surface area is 41.7 Å². The highest BCUT2D eigenvalue weighted by Gasteiger charge is 2.38. The van der Waals surface area contributed by atoms with Crippen LogP contribution in [-0.4, -0.2) is 17.4 Å². The minimum Gasteiger partial charge on any atom is -0.392 e. The van der Waals surface area contributed by atoms with E-state index in [1.807, 2.05) is 0 Å². The van der Waals surface area contributed by atoms with Crippen molar-refractivity contribution in [2.45, 2.75) is 5.66 Å². The second kappa shape index (κ2) is 1.20. The number of terminal acetylenes is 1. The van der Waals surface area contributed by atoms with Crippen molar-refractivity contribution in [3.8, 4) is 12.3 Å². The molecule has 3 N–H and O–H groups in total. The van der Waals surface area contributed by atoms with Gasteiger partial charge in [-0.25, -0.2) is 10.9 Å². The van der Waals surface area contributed by atoms with Crippen molar-refractivity contribution in [1.29, 1.82) is 0 Å². The molecule has 38 valence electrons. The van der Waals surface area contributed by atoms with Gasteiger partial charge in [0.25, 0.3) is 0 Å². The van der Waals surface area contributed by atoms with E-state index < -0.39 is 5.66 Å². The quantitative estimate of drug-likeness (QED) is 0.274. The van der Waals surface area contributed by atoms with Crippen LogP contribution in [0.4, 0.5) is 0 Å². The lowest BCUT2D eigenvalue weighted by molar-refractivity contribution is 0.271. The van der Waals surface area contributed by atoms with E-state index in [1.165, 1.54) is 0 Å². The van der Waals surface area contributed by atoms with E-state index in [9.17, 15) is 0 Å². The van der Waals surface area contributed by atoms with Gasteiger partial charge in [0.2, 0.25) is 0 Å². The van der Waals surface area contributed by atoms with Crippen molar-refractivity contribution in [2.24, 2.45) is 0 Å². The van der Waals surface area contributed by atoms with Gasteiger partial charge in [-0.1, -0.05) is 5.92 Å². The highest BCUT2D eigenvalue weighted by atomic mass is 16.3. The van der Waals surface area contributed by atoms with Crippen LogP contribution in [0, 0.1) is 12.3 Å². The number of hydrazine groups is 1. The van der Waals surface area contributed by atoms with Gasteiger partial charge in [0.05, 0.1) is 6.61 Å². The normalized spacial score (nSPS) is 23.4. The maximum atomic E-state index is 8.39. The fraction of sp³-hybridized carbons (Fsp3) is 0.500. The van der Waals surface area contributed by atoms with Crippen molar-refractivity contribution in [3.63, 3.8) is 0 Å². The predicted molar refractivity (Wildman–Crippen MR) is 24.9 cm³/mol. The highest BCUT2D eigenvalue weighted by Crippen LogP contribution is 2.03. The molecule has 7 heavy (non-hydrogen) atoms. The van der Waals surface area contributed by atoms with Crippen LogP contribution in [0.15, 0.2) is 0 Å². The number of hydrogen-bond acceptors (Lipinski definition) is 3. The standard InChI is InChI=1S/C4H6N2O/c1-2-4(3-7)5-6-4/h1,5-7H,3H2. The summed E-state index contributed by atoms with van der Waals surface area (Å²) in [7, 11) is 0. The molecule has 0 saturated carbocycles. The van der Waals surface area contributed by atoms with Crippen LogP contribution < -0.4 is 10.9 Å². The second-order valence-electron chi connectivity index (χ2n) is 1.46. The summed E-state index contributed by atoms with van der Waals surface area (Å²) in [5.74, 6) is 2.33. The number of rotatable bonds is 1. The number of aliphatic hydroxyl groups excluding tert-OH is 1. The summed E-state index contributed by atoms with van der Waals surface area (Å²) in [6.45, 7) is -0.0521. The van der Waals surface area contributed by atoms with Crippen LogP contribution in [-0.2, 0) is 0 Å². The van der Waals surface area contributed by atoms with E-state index >= 15 is 0 Å². The van der Waals surface area contributed by atoms with Crippen LogP contribution in [0.2, 0.25) is 0 Å². The van der Waals surface area contributed by atoms with Crippen LogP contribution in [0.25, 0.3) is 0 Å².